The summed E-state index contributed by atoms with van der Waals surface area (Å²) in [7, 11) is 0. The summed E-state index contributed by atoms with van der Waals surface area (Å²) in [4.78, 5) is 19.7. The number of hydrogen-bond donors (Lipinski definition) is 3. The van der Waals surface area contributed by atoms with Gasteiger partial charge in [0, 0.05) is 30.6 Å². The van der Waals surface area contributed by atoms with Gasteiger partial charge < -0.3 is 20.4 Å². The van der Waals surface area contributed by atoms with Crippen molar-refractivity contribution in [2.45, 2.75) is 32.9 Å². The summed E-state index contributed by atoms with van der Waals surface area (Å²) < 4.78 is 5.91. The van der Waals surface area contributed by atoms with Crippen LogP contribution in [0.25, 0.3) is 10.9 Å². The van der Waals surface area contributed by atoms with E-state index in [-0.39, 0.29) is 12.0 Å². The van der Waals surface area contributed by atoms with E-state index in [2.05, 4.69) is 20.6 Å². The third-order valence-electron chi connectivity index (χ3n) is 4.37. The second-order valence-corrected chi connectivity index (χ2v) is 7.40. The molecule has 0 fully saturated rings. The molecule has 7 heteroatoms. The first-order chi connectivity index (χ1) is 14.0. The maximum atomic E-state index is 12.2. The maximum Gasteiger partial charge on any atom is 0.251 e. The number of aromatic amines is 1. The van der Waals surface area contributed by atoms with Crippen LogP contribution in [0.5, 0.6) is 0 Å². The zero-order valence-electron chi connectivity index (χ0n) is 16.7. The molecule has 1 heterocycles. The molecule has 0 aliphatic carbocycles. The molecule has 0 aliphatic heterocycles. The van der Waals surface area contributed by atoms with Crippen LogP contribution in [0.15, 0.2) is 48.5 Å². The van der Waals surface area contributed by atoms with Crippen LogP contribution in [-0.2, 0) is 11.3 Å². The first-order valence-electron chi connectivity index (χ1n) is 9.74. The summed E-state index contributed by atoms with van der Waals surface area (Å²) in [5.41, 5.74) is 2.64. The average Bonchev–Trinajstić information content (AvgIpc) is 2.71. The molecule has 2 aromatic carbocycles. The molecule has 0 radical (unpaired) electrons. The molecule has 3 rings (SSSR count). The van der Waals surface area contributed by atoms with Gasteiger partial charge >= 0.3 is 0 Å². The Kier molecular flexibility index (Phi) is 7.32. The van der Waals surface area contributed by atoms with Crippen molar-refractivity contribution in [1.29, 1.82) is 0 Å². The smallest absolute Gasteiger partial charge is 0.251 e. The van der Waals surface area contributed by atoms with Crippen molar-refractivity contribution in [1.82, 2.24) is 15.3 Å². The van der Waals surface area contributed by atoms with Gasteiger partial charge in [0.25, 0.3) is 5.91 Å². The molecular formula is C22H26N4O2S. The highest BCUT2D eigenvalue weighted by molar-refractivity contribution is 7.71. The molecule has 3 N–H and O–H groups in total. The second-order valence-electron chi connectivity index (χ2n) is 7.02. The quantitative estimate of drug-likeness (QED) is 0.359. The molecule has 0 bridgehead atoms. The number of fused-ring (bicyclic) bond motifs is 1. The van der Waals surface area contributed by atoms with Gasteiger partial charge in [-0.15, -0.1) is 0 Å². The van der Waals surface area contributed by atoms with Crippen molar-refractivity contribution in [2.24, 2.45) is 0 Å². The topological polar surface area (TPSA) is 79.0 Å². The van der Waals surface area contributed by atoms with Crippen molar-refractivity contribution >= 4 is 34.8 Å². The Labute approximate surface area is 175 Å². The van der Waals surface area contributed by atoms with Crippen LogP contribution in [0, 0.1) is 4.77 Å². The van der Waals surface area contributed by atoms with E-state index in [0.29, 0.717) is 30.0 Å². The molecule has 0 spiro atoms. The number of amides is 1. The minimum atomic E-state index is -0.0731. The van der Waals surface area contributed by atoms with Gasteiger partial charge in [-0.25, -0.2) is 4.98 Å². The van der Waals surface area contributed by atoms with E-state index in [1.807, 2.05) is 62.4 Å². The summed E-state index contributed by atoms with van der Waals surface area (Å²) in [5, 5.41) is 7.24. The van der Waals surface area contributed by atoms with Crippen LogP contribution in [-0.4, -0.2) is 35.1 Å². The van der Waals surface area contributed by atoms with E-state index in [4.69, 9.17) is 17.0 Å². The lowest BCUT2D eigenvalue weighted by atomic mass is 10.1. The van der Waals surface area contributed by atoms with E-state index in [9.17, 15) is 4.79 Å². The van der Waals surface area contributed by atoms with Gasteiger partial charge in [-0.2, -0.15) is 0 Å². The van der Waals surface area contributed by atoms with E-state index >= 15 is 0 Å². The van der Waals surface area contributed by atoms with Gasteiger partial charge in [-0.3, -0.25) is 4.79 Å². The minimum Gasteiger partial charge on any atom is -0.379 e. The molecule has 0 atom stereocenters. The van der Waals surface area contributed by atoms with E-state index < -0.39 is 0 Å². The summed E-state index contributed by atoms with van der Waals surface area (Å²) in [6.07, 6.45) is 1.01. The van der Waals surface area contributed by atoms with Crippen LogP contribution in [0.3, 0.4) is 0 Å². The number of nitrogens with zero attached hydrogens (tertiary/aromatic N) is 1. The lowest BCUT2D eigenvalue weighted by Gasteiger charge is -2.10. The van der Waals surface area contributed by atoms with Crippen LogP contribution >= 0.6 is 12.2 Å². The largest absolute Gasteiger partial charge is 0.379 e. The number of hydrogen-bond acceptors (Lipinski definition) is 5. The molecule has 0 aliphatic rings. The van der Waals surface area contributed by atoms with E-state index in [1.165, 1.54) is 0 Å². The zero-order chi connectivity index (χ0) is 20.6. The maximum absolute atomic E-state index is 12.2. The third kappa shape index (κ3) is 6.10. The number of carbonyl (C=O) groups is 1. The number of carbonyl (C=O) groups excluding carboxylic acids is 1. The fourth-order valence-electron chi connectivity index (χ4n) is 2.89. The molecule has 6 nitrogen and oxygen atoms in total. The minimum absolute atomic E-state index is 0.0731. The lowest BCUT2D eigenvalue weighted by molar-refractivity contribution is 0.0757. The van der Waals surface area contributed by atoms with Crippen LogP contribution in [0.1, 0.15) is 36.2 Å². The number of para-hydroxylation sites is 1. The first-order valence-corrected chi connectivity index (χ1v) is 10.2. The number of nitrogens with one attached hydrogen (secondary N) is 3. The molecular weight excluding hydrogens is 384 g/mol. The Hall–Kier alpha value is -2.77. The summed E-state index contributed by atoms with van der Waals surface area (Å²) in [5.74, 6) is 0.672. The molecule has 1 aromatic heterocycles. The fourth-order valence-corrected chi connectivity index (χ4v) is 3.09. The number of aromatic nitrogens is 2. The Balaban J connectivity index is 1.55. The average molecular weight is 411 g/mol. The van der Waals surface area contributed by atoms with E-state index in [0.717, 1.165) is 28.7 Å². The molecule has 152 valence electrons. The standard InChI is InChI=1S/C22H26N4O2S/c1-15(2)28-13-5-12-23-21(27)17-10-8-16(9-11-17)14-24-20-18-6-3-4-7-19(18)25-22(29)26-20/h3-4,6-11,15H,5,12-14H2,1-2H3,(H,23,27)(H2,24,25,26,29). The lowest BCUT2D eigenvalue weighted by Crippen LogP contribution is -2.25. The molecule has 0 saturated heterocycles. The predicted molar refractivity (Wildman–Crippen MR) is 119 cm³/mol. The predicted octanol–water partition coefficient (Wildman–Crippen LogP) is 4.45. The van der Waals surface area contributed by atoms with Crippen molar-refractivity contribution in [3.63, 3.8) is 0 Å². The van der Waals surface area contributed by atoms with Gasteiger partial charge in [0.15, 0.2) is 4.77 Å². The zero-order valence-corrected chi connectivity index (χ0v) is 17.5. The van der Waals surface area contributed by atoms with Crippen molar-refractivity contribution in [3.05, 3.63) is 64.4 Å². The Morgan fingerprint density at radius 2 is 1.93 bits per heavy atom. The number of H-pyrrole nitrogens is 1. The molecule has 0 saturated carbocycles. The highest BCUT2D eigenvalue weighted by atomic mass is 32.1. The number of anilines is 1. The number of benzene rings is 2. The molecule has 29 heavy (non-hydrogen) atoms. The highest BCUT2D eigenvalue weighted by Crippen LogP contribution is 2.19. The molecule has 1 amide bonds. The second kappa shape index (κ2) is 10.1. The van der Waals surface area contributed by atoms with Gasteiger partial charge in [-0.1, -0.05) is 24.3 Å². The Morgan fingerprint density at radius 3 is 2.69 bits per heavy atom. The monoisotopic (exact) mass is 410 g/mol. The summed E-state index contributed by atoms with van der Waals surface area (Å²) in [6, 6.07) is 15.4. The van der Waals surface area contributed by atoms with Gasteiger partial charge in [0.05, 0.1) is 11.6 Å². The highest BCUT2D eigenvalue weighted by Gasteiger charge is 2.06. The fraction of sp³-hybridized carbons (Fsp3) is 0.318. The van der Waals surface area contributed by atoms with Gasteiger partial charge in [0.1, 0.15) is 5.82 Å². The first kappa shape index (κ1) is 21.0. The van der Waals surface area contributed by atoms with Crippen molar-refractivity contribution < 1.29 is 9.53 Å². The van der Waals surface area contributed by atoms with E-state index in [1.54, 1.807) is 0 Å². The SMILES string of the molecule is CC(C)OCCCNC(=O)c1ccc(CNc2nc(=S)[nH]c3ccccc23)cc1. The van der Waals surface area contributed by atoms with Crippen LogP contribution < -0.4 is 10.6 Å². The third-order valence-corrected chi connectivity index (χ3v) is 4.56. The Morgan fingerprint density at radius 1 is 1.17 bits per heavy atom. The van der Waals surface area contributed by atoms with Crippen molar-refractivity contribution in [2.75, 3.05) is 18.5 Å². The van der Waals surface area contributed by atoms with Crippen LogP contribution in [0.4, 0.5) is 5.82 Å². The number of rotatable bonds is 9. The molecule has 0 unspecified atom stereocenters. The number of ether oxygens (including phenoxy) is 1. The van der Waals surface area contributed by atoms with Gasteiger partial charge in [0.2, 0.25) is 0 Å². The van der Waals surface area contributed by atoms with Crippen LogP contribution in [0.2, 0.25) is 0 Å². The normalized spacial score (nSPS) is 11.0. The summed E-state index contributed by atoms with van der Waals surface area (Å²) >= 11 is 5.21. The summed E-state index contributed by atoms with van der Waals surface area (Å²) in [6.45, 7) is 5.83. The van der Waals surface area contributed by atoms with Crippen molar-refractivity contribution in [3.8, 4) is 0 Å². The van der Waals surface area contributed by atoms with Gasteiger partial charge in [-0.05, 0) is 62.3 Å². The Bertz CT molecular complexity index is 1020. The molecule has 3 aromatic rings.